The molecule has 2 N–H and O–H groups in total. The van der Waals surface area contributed by atoms with Gasteiger partial charge in [-0.2, -0.15) is 0 Å². The van der Waals surface area contributed by atoms with Crippen LogP contribution in [0.15, 0.2) is 42.6 Å². The maximum Gasteiger partial charge on any atom is 0.354 e. The first-order chi connectivity index (χ1) is 10.00. The van der Waals surface area contributed by atoms with Crippen LogP contribution >= 0.6 is 0 Å². The topological polar surface area (TPSA) is 54.1 Å². The highest BCUT2D eigenvalue weighted by Gasteiger charge is 2.19. The number of aromatic nitrogens is 1. The van der Waals surface area contributed by atoms with E-state index in [1.165, 1.54) is 5.56 Å². The zero-order valence-electron chi connectivity index (χ0n) is 12.8. The van der Waals surface area contributed by atoms with Crippen LogP contribution in [0.4, 0.5) is 5.69 Å². The van der Waals surface area contributed by atoms with Gasteiger partial charge in [-0.15, -0.1) is 0 Å². The van der Waals surface area contributed by atoms with Gasteiger partial charge in [0.2, 0.25) is 0 Å². The highest BCUT2D eigenvalue weighted by atomic mass is 16.5. The molecule has 112 valence electrons. The lowest BCUT2D eigenvalue weighted by molar-refractivity contribution is 0.0520. The second-order valence-electron chi connectivity index (χ2n) is 5.69. The molecule has 0 fully saturated rings. The van der Waals surface area contributed by atoms with Gasteiger partial charge in [-0.05, 0) is 38.8 Å². The lowest BCUT2D eigenvalue weighted by Crippen LogP contribution is -2.33. The highest BCUT2D eigenvalue weighted by molar-refractivity contribution is 5.88. The van der Waals surface area contributed by atoms with E-state index in [0.717, 1.165) is 12.1 Å². The summed E-state index contributed by atoms with van der Waals surface area (Å²) in [6.07, 6.45) is 2.69. The fraction of sp³-hybridized carbons (Fsp3) is 0.353. The molecule has 2 aromatic rings. The van der Waals surface area contributed by atoms with Gasteiger partial charge in [-0.1, -0.05) is 30.3 Å². The molecule has 2 rings (SSSR count). The van der Waals surface area contributed by atoms with Crippen molar-refractivity contribution in [1.82, 2.24) is 4.98 Å². The van der Waals surface area contributed by atoms with E-state index in [-0.39, 0.29) is 11.5 Å². The smallest absolute Gasteiger partial charge is 0.354 e. The van der Waals surface area contributed by atoms with Crippen molar-refractivity contribution in [3.63, 3.8) is 0 Å². The van der Waals surface area contributed by atoms with Gasteiger partial charge in [0.25, 0.3) is 0 Å². The van der Waals surface area contributed by atoms with E-state index in [0.29, 0.717) is 12.3 Å². The number of H-pyrrole nitrogens is 1. The molecule has 0 amide bonds. The maximum absolute atomic E-state index is 11.6. The Balaban J connectivity index is 2.01. The first-order valence-electron chi connectivity index (χ1n) is 7.18. The van der Waals surface area contributed by atoms with Crippen LogP contribution in [-0.2, 0) is 11.2 Å². The van der Waals surface area contributed by atoms with Crippen LogP contribution in [-0.4, -0.2) is 23.1 Å². The third kappa shape index (κ3) is 4.38. The molecule has 4 heteroatoms. The molecule has 0 radical (unpaired) electrons. The molecule has 0 aliphatic rings. The van der Waals surface area contributed by atoms with Gasteiger partial charge in [0.15, 0.2) is 0 Å². The third-order valence-electron chi connectivity index (χ3n) is 3.15. The summed E-state index contributed by atoms with van der Waals surface area (Å²) in [6.45, 7) is 6.44. The molecule has 0 aliphatic carbocycles. The van der Waals surface area contributed by atoms with Crippen LogP contribution in [0.2, 0.25) is 0 Å². The number of rotatable bonds is 6. The van der Waals surface area contributed by atoms with Gasteiger partial charge in [0.1, 0.15) is 5.69 Å². The van der Waals surface area contributed by atoms with E-state index in [4.69, 9.17) is 4.74 Å². The summed E-state index contributed by atoms with van der Waals surface area (Å²) in [5.41, 5.74) is 2.51. The number of anilines is 1. The first kappa shape index (κ1) is 15.2. The minimum atomic E-state index is -0.327. The monoisotopic (exact) mass is 286 g/mol. The van der Waals surface area contributed by atoms with Gasteiger partial charge >= 0.3 is 5.97 Å². The molecule has 0 atom stereocenters. The first-order valence-corrected chi connectivity index (χ1v) is 7.18. The van der Waals surface area contributed by atoms with E-state index < -0.39 is 0 Å². The van der Waals surface area contributed by atoms with Crippen molar-refractivity contribution in [3.05, 3.63) is 53.9 Å². The predicted molar refractivity (Wildman–Crippen MR) is 84.6 cm³/mol. The molecule has 0 bridgehead atoms. The standard InChI is InChI=1S/C17H22N2O2/c1-4-21-16(20)15-10-14(12-18-15)19-17(2,3)11-13-8-6-5-7-9-13/h5-10,12,18-19H,4,11H2,1-3H3. The zero-order valence-corrected chi connectivity index (χ0v) is 12.8. The molecule has 0 saturated heterocycles. The fourth-order valence-electron chi connectivity index (χ4n) is 2.33. The summed E-state index contributed by atoms with van der Waals surface area (Å²) in [7, 11) is 0. The summed E-state index contributed by atoms with van der Waals surface area (Å²) < 4.78 is 4.97. The van der Waals surface area contributed by atoms with Crippen LogP contribution < -0.4 is 5.32 Å². The van der Waals surface area contributed by atoms with Gasteiger partial charge in [0.05, 0.1) is 12.3 Å². The van der Waals surface area contributed by atoms with Gasteiger partial charge < -0.3 is 15.0 Å². The van der Waals surface area contributed by atoms with E-state index in [2.05, 4.69) is 36.3 Å². The average Bonchev–Trinajstić information content (AvgIpc) is 2.87. The summed E-state index contributed by atoms with van der Waals surface area (Å²) in [4.78, 5) is 14.6. The molecule has 0 unspecified atom stereocenters. The maximum atomic E-state index is 11.6. The number of hydrogen-bond donors (Lipinski definition) is 2. The van der Waals surface area contributed by atoms with Gasteiger partial charge in [0, 0.05) is 11.7 Å². The summed E-state index contributed by atoms with van der Waals surface area (Å²) in [5, 5.41) is 3.45. The number of carbonyl (C=O) groups excluding carboxylic acids is 1. The molecule has 0 aliphatic heterocycles. The normalized spacial score (nSPS) is 11.2. The molecule has 4 nitrogen and oxygen atoms in total. The highest BCUT2D eigenvalue weighted by Crippen LogP contribution is 2.20. The van der Waals surface area contributed by atoms with E-state index in [1.807, 2.05) is 18.2 Å². The van der Waals surface area contributed by atoms with Crippen LogP contribution in [0.25, 0.3) is 0 Å². The molecule has 0 saturated carbocycles. The number of ether oxygens (including phenoxy) is 1. The third-order valence-corrected chi connectivity index (χ3v) is 3.15. The molecule has 21 heavy (non-hydrogen) atoms. The quantitative estimate of drug-likeness (QED) is 0.797. The van der Waals surface area contributed by atoms with Crippen LogP contribution in [0, 0.1) is 0 Å². The lowest BCUT2D eigenvalue weighted by atomic mass is 9.95. The van der Waals surface area contributed by atoms with Crippen molar-refractivity contribution in [2.75, 3.05) is 11.9 Å². The molecule has 1 heterocycles. The van der Waals surface area contributed by atoms with Gasteiger partial charge in [-0.25, -0.2) is 4.79 Å². The summed E-state index contributed by atoms with van der Waals surface area (Å²) in [5.74, 6) is -0.327. The van der Waals surface area contributed by atoms with Crippen molar-refractivity contribution in [3.8, 4) is 0 Å². The number of nitrogens with one attached hydrogen (secondary N) is 2. The number of carbonyl (C=O) groups is 1. The van der Waals surface area contributed by atoms with E-state index in [9.17, 15) is 4.79 Å². The van der Waals surface area contributed by atoms with Crippen molar-refractivity contribution in [2.24, 2.45) is 0 Å². The van der Waals surface area contributed by atoms with E-state index >= 15 is 0 Å². The molecular formula is C17H22N2O2. The Bertz CT molecular complexity index is 588. The van der Waals surface area contributed by atoms with Crippen LogP contribution in [0.5, 0.6) is 0 Å². The second kappa shape index (κ2) is 6.48. The zero-order chi connectivity index (χ0) is 15.3. The Labute approximate surface area is 125 Å². The van der Waals surface area contributed by atoms with Crippen molar-refractivity contribution in [1.29, 1.82) is 0 Å². The Morgan fingerprint density at radius 2 is 2.00 bits per heavy atom. The molecular weight excluding hydrogens is 264 g/mol. The van der Waals surface area contributed by atoms with Crippen LogP contribution in [0.1, 0.15) is 36.8 Å². The van der Waals surface area contributed by atoms with Crippen molar-refractivity contribution in [2.45, 2.75) is 32.7 Å². The van der Waals surface area contributed by atoms with Crippen molar-refractivity contribution >= 4 is 11.7 Å². The molecule has 0 spiro atoms. The van der Waals surface area contributed by atoms with Gasteiger partial charge in [-0.3, -0.25) is 0 Å². The SMILES string of the molecule is CCOC(=O)c1cc(NC(C)(C)Cc2ccccc2)c[nH]1. The second-order valence-corrected chi connectivity index (χ2v) is 5.69. The fourth-order valence-corrected chi connectivity index (χ4v) is 2.33. The Kier molecular flexibility index (Phi) is 4.68. The lowest BCUT2D eigenvalue weighted by Gasteiger charge is -2.27. The number of benzene rings is 1. The minimum absolute atomic E-state index is 0.116. The molecule has 1 aromatic heterocycles. The average molecular weight is 286 g/mol. The minimum Gasteiger partial charge on any atom is -0.461 e. The Morgan fingerprint density at radius 3 is 2.67 bits per heavy atom. The number of aromatic amines is 1. The Morgan fingerprint density at radius 1 is 1.29 bits per heavy atom. The largest absolute Gasteiger partial charge is 0.461 e. The van der Waals surface area contributed by atoms with Crippen LogP contribution in [0.3, 0.4) is 0 Å². The van der Waals surface area contributed by atoms with E-state index in [1.54, 1.807) is 19.2 Å². The number of esters is 1. The summed E-state index contributed by atoms with van der Waals surface area (Å²) >= 11 is 0. The summed E-state index contributed by atoms with van der Waals surface area (Å²) in [6, 6.07) is 12.1. The number of hydrogen-bond acceptors (Lipinski definition) is 3. The predicted octanol–water partition coefficient (Wildman–Crippen LogP) is 3.62. The molecule has 1 aromatic carbocycles. The Hall–Kier alpha value is -2.23. The van der Waals surface area contributed by atoms with Crippen molar-refractivity contribution < 1.29 is 9.53 Å².